The Kier molecular flexibility index (Phi) is 8.09. The van der Waals surface area contributed by atoms with Crippen LogP contribution < -0.4 is 0 Å². The maximum absolute atomic E-state index is 10.8. The number of hydrogen-bond donors (Lipinski definition) is 0. The highest BCUT2D eigenvalue weighted by atomic mass is 28.4. The van der Waals surface area contributed by atoms with Gasteiger partial charge in [-0.1, -0.05) is 32.9 Å². The lowest BCUT2D eigenvalue weighted by molar-refractivity contribution is -0.112. The topological polar surface area (TPSA) is 26.3 Å². The summed E-state index contributed by atoms with van der Waals surface area (Å²) >= 11 is 0. The molecule has 0 amide bonds. The van der Waals surface area contributed by atoms with Crippen molar-refractivity contribution in [2.24, 2.45) is 0 Å². The third-order valence-electron chi connectivity index (χ3n) is 3.32. The third kappa shape index (κ3) is 5.98. The number of hydrogen-bond acceptors (Lipinski definition) is 2. The Morgan fingerprint density at radius 3 is 2.18 bits per heavy atom. The van der Waals surface area contributed by atoms with Gasteiger partial charge in [0.05, 0.1) is 6.10 Å². The van der Waals surface area contributed by atoms with Crippen LogP contribution in [0.3, 0.4) is 0 Å². The van der Waals surface area contributed by atoms with E-state index in [1.54, 1.807) is 13.0 Å². The second kappa shape index (κ2) is 8.42. The minimum absolute atomic E-state index is 0.0529. The Hall–Kier alpha value is -0.673. The van der Waals surface area contributed by atoms with Crippen LogP contribution in [0.5, 0.6) is 0 Å². The fourth-order valence-electron chi connectivity index (χ4n) is 1.88. The van der Waals surface area contributed by atoms with Crippen LogP contribution in [0.25, 0.3) is 0 Å². The van der Waals surface area contributed by atoms with E-state index >= 15 is 0 Å². The summed E-state index contributed by atoms with van der Waals surface area (Å²) in [4.78, 5) is 10.8. The predicted octanol–water partition coefficient (Wildman–Crippen LogP) is 4.10. The molecule has 98 valence electrons. The van der Waals surface area contributed by atoms with Crippen molar-refractivity contribution in [3.63, 3.8) is 0 Å². The molecule has 17 heavy (non-hydrogen) atoms. The van der Waals surface area contributed by atoms with E-state index in [4.69, 9.17) is 4.43 Å². The van der Waals surface area contributed by atoms with Crippen molar-refractivity contribution in [3.8, 4) is 0 Å². The van der Waals surface area contributed by atoms with Gasteiger partial charge in [-0.05, 0) is 37.6 Å². The van der Waals surface area contributed by atoms with Crippen molar-refractivity contribution < 1.29 is 9.22 Å². The van der Waals surface area contributed by atoms with Gasteiger partial charge < -0.3 is 4.43 Å². The highest BCUT2D eigenvalue weighted by Gasteiger charge is 2.30. The Labute approximate surface area is 107 Å². The van der Waals surface area contributed by atoms with E-state index in [1.165, 1.54) is 0 Å². The molecule has 3 heteroatoms. The molecule has 0 aromatic heterocycles. The summed E-state index contributed by atoms with van der Waals surface area (Å²) in [7, 11) is -1.57. The summed E-state index contributed by atoms with van der Waals surface area (Å²) in [5, 5.41) is 0. The lowest BCUT2D eigenvalue weighted by atomic mass is 10.2. The summed E-state index contributed by atoms with van der Waals surface area (Å²) in [6, 6.07) is 3.42. The van der Waals surface area contributed by atoms with Crippen molar-refractivity contribution >= 4 is 14.1 Å². The molecule has 0 aliphatic rings. The van der Waals surface area contributed by atoms with Crippen molar-refractivity contribution in [1.29, 1.82) is 0 Å². The highest BCUT2D eigenvalue weighted by Crippen LogP contribution is 2.24. The Morgan fingerprint density at radius 1 is 1.29 bits per heavy atom. The first-order chi connectivity index (χ1) is 8.03. The fraction of sp³-hybridized carbons (Fsp3) is 0.643. The molecule has 0 radical (unpaired) electrons. The van der Waals surface area contributed by atoms with E-state index in [0.29, 0.717) is 0 Å². The van der Waals surface area contributed by atoms with Crippen LogP contribution >= 0.6 is 0 Å². The molecule has 0 fully saturated rings. The SMILES string of the molecule is C=C[C@H](C/C=C/C(C)=O)O[Si](CC)(CC)CC. The van der Waals surface area contributed by atoms with E-state index in [2.05, 4.69) is 27.4 Å². The number of ketones is 1. The van der Waals surface area contributed by atoms with Gasteiger partial charge in [-0.15, -0.1) is 6.58 Å². The van der Waals surface area contributed by atoms with Crippen LogP contribution in [0.15, 0.2) is 24.8 Å². The number of allylic oxidation sites excluding steroid dienone is 1. The van der Waals surface area contributed by atoms with Gasteiger partial charge in [-0.2, -0.15) is 0 Å². The molecular weight excluding hydrogens is 228 g/mol. The van der Waals surface area contributed by atoms with Crippen LogP contribution in [-0.2, 0) is 9.22 Å². The van der Waals surface area contributed by atoms with Crippen LogP contribution in [0, 0.1) is 0 Å². The normalized spacial score (nSPS) is 13.9. The first kappa shape index (κ1) is 16.3. The zero-order valence-corrected chi connectivity index (χ0v) is 12.7. The molecule has 0 heterocycles. The second-order valence-corrected chi connectivity index (χ2v) is 9.11. The van der Waals surface area contributed by atoms with Crippen LogP contribution in [-0.4, -0.2) is 20.2 Å². The zero-order valence-electron chi connectivity index (χ0n) is 11.7. The molecule has 0 saturated heterocycles. The van der Waals surface area contributed by atoms with Gasteiger partial charge >= 0.3 is 0 Å². The Balaban J connectivity index is 4.46. The molecule has 0 N–H and O–H groups in total. The molecular formula is C14H26O2Si. The Morgan fingerprint density at radius 2 is 1.82 bits per heavy atom. The van der Waals surface area contributed by atoms with Crippen molar-refractivity contribution in [2.45, 2.75) is 58.4 Å². The third-order valence-corrected chi connectivity index (χ3v) is 7.99. The molecule has 0 rings (SSSR count). The van der Waals surface area contributed by atoms with Gasteiger partial charge in [0.15, 0.2) is 14.1 Å². The average Bonchev–Trinajstić information content (AvgIpc) is 2.34. The van der Waals surface area contributed by atoms with Crippen molar-refractivity contribution in [2.75, 3.05) is 0 Å². The second-order valence-electron chi connectivity index (χ2n) is 4.38. The van der Waals surface area contributed by atoms with Gasteiger partial charge in [0.1, 0.15) is 0 Å². The average molecular weight is 254 g/mol. The van der Waals surface area contributed by atoms with Crippen LogP contribution in [0.4, 0.5) is 0 Å². The van der Waals surface area contributed by atoms with Gasteiger partial charge in [0, 0.05) is 0 Å². The minimum Gasteiger partial charge on any atom is -0.410 e. The summed E-state index contributed by atoms with van der Waals surface area (Å²) in [5.74, 6) is 0.0813. The monoisotopic (exact) mass is 254 g/mol. The lowest BCUT2D eigenvalue weighted by Crippen LogP contribution is -2.39. The van der Waals surface area contributed by atoms with Crippen molar-refractivity contribution in [1.82, 2.24) is 0 Å². The molecule has 0 spiro atoms. The quantitative estimate of drug-likeness (QED) is 0.352. The largest absolute Gasteiger partial charge is 0.410 e. The van der Waals surface area contributed by atoms with Crippen LogP contribution in [0.2, 0.25) is 18.1 Å². The minimum atomic E-state index is -1.57. The van der Waals surface area contributed by atoms with Gasteiger partial charge in [0.25, 0.3) is 0 Å². The van der Waals surface area contributed by atoms with E-state index in [0.717, 1.165) is 24.6 Å². The predicted molar refractivity (Wildman–Crippen MR) is 76.7 cm³/mol. The van der Waals surface area contributed by atoms with Gasteiger partial charge in [-0.25, -0.2) is 0 Å². The molecule has 0 unspecified atom stereocenters. The molecule has 0 saturated carbocycles. The van der Waals surface area contributed by atoms with E-state index in [1.807, 2.05) is 12.2 Å². The van der Waals surface area contributed by atoms with Gasteiger partial charge in [-0.3, -0.25) is 4.79 Å². The van der Waals surface area contributed by atoms with Crippen LogP contribution in [0.1, 0.15) is 34.1 Å². The first-order valence-corrected chi connectivity index (χ1v) is 9.04. The van der Waals surface area contributed by atoms with E-state index < -0.39 is 8.32 Å². The highest BCUT2D eigenvalue weighted by molar-refractivity contribution is 6.73. The summed E-state index contributed by atoms with van der Waals surface area (Å²) in [6.07, 6.45) is 6.14. The number of carbonyl (C=O) groups excluding carboxylic acids is 1. The van der Waals surface area contributed by atoms with E-state index in [-0.39, 0.29) is 11.9 Å². The smallest absolute Gasteiger partial charge is 0.192 e. The molecule has 0 aliphatic carbocycles. The van der Waals surface area contributed by atoms with Gasteiger partial charge in [0.2, 0.25) is 0 Å². The maximum Gasteiger partial charge on any atom is 0.192 e. The molecule has 1 atom stereocenters. The lowest BCUT2D eigenvalue weighted by Gasteiger charge is -2.31. The maximum atomic E-state index is 10.8. The molecule has 0 aromatic rings. The summed E-state index contributed by atoms with van der Waals surface area (Å²) in [6.45, 7) is 12.0. The molecule has 2 nitrogen and oxygen atoms in total. The number of rotatable bonds is 9. The first-order valence-electron chi connectivity index (χ1n) is 6.51. The molecule has 0 aromatic carbocycles. The molecule has 0 bridgehead atoms. The standard InChI is InChI=1S/C14H26O2Si/c1-6-14(12-10-11-13(5)15)16-17(7-2,8-3)9-4/h6,10-11,14H,1,7-9,12H2,2-5H3/b11-10+/t14-/m1/s1. The fourth-order valence-corrected chi connectivity index (χ4v) is 4.72. The van der Waals surface area contributed by atoms with E-state index in [9.17, 15) is 4.79 Å². The zero-order chi connectivity index (χ0) is 13.3. The Bertz CT molecular complexity index is 259. The molecule has 0 aliphatic heterocycles. The van der Waals surface area contributed by atoms with Crippen molar-refractivity contribution in [3.05, 3.63) is 24.8 Å². The summed E-state index contributed by atoms with van der Waals surface area (Å²) in [5.41, 5.74) is 0. The number of carbonyl (C=O) groups is 1. The summed E-state index contributed by atoms with van der Waals surface area (Å²) < 4.78 is 6.27.